The molecule has 1 fully saturated rings. The van der Waals surface area contributed by atoms with Crippen LogP contribution in [-0.2, 0) is 6.42 Å². The van der Waals surface area contributed by atoms with Crippen molar-refractivity contribution in [2.45, 2.75) is 37.5 Å². The predicted octanol–water partition coefficient (Wildman–Crippen LogP) is 2.06. The van der Waals surface area contributed by atoms with Gasteiger partial charge in [-0.2, -0.15) is 0 Å². The van der Waals surface area contributed by atoms with Gasteiger partial charge in [-0.3, -0.25) is 0 Å². The number of nitrogen functional groups attached to an aromatic ring is 2. The molecule has 32 heavy (non-hydrogen) atoms. The second-order valence-corrected chi connectivity index (χ2v) is 8.49. The minimum absolute atomic E-state index is 0.371. The zero-order valence-corrected chi connectivity index (χ0v) is 17.4. The minimum atomic E-state index is -1.07. The lowest BCUT2D eigenvalue weighted by atomic mass is 9.79. The van der Waals surface area contributed by atoms with Crippen LogP contribution in [0.2, 0.25) is 0 Å². The molecule has 4 aromatic rings. The summed E-state index contributed by atoms with van der Waals surface area (Å²) >= 11 is 0. The first-order chi connectivity index (χ1) is 15.4. The van der Waals surface area contributed by atoms with Gasteiger partial charge in [-0.1, -0.05) is 18.1 Å². The van der Waals surface area contributed by atoms with Crippen molar-refractivity contribution in [2.24, 2.45) is 5.41 Å². The Morgan fingerprint density at radius 2 is 1.97 bits per heavy atom. The maximum absolute atomic E-state index is 11.0. The molecule has 8 nitrogen and oxygen atoms in total. The van der Waals surface area contributed by atoms with Gasteiger partial charge in [0.05, 0.1) is 28.5 Å². The fourth-order valence-corrected chi connectivity index (χ4v) is 4.84. The van der Waals surface area contributed by atoms with Crippen molar-refractivity contribution in [3.63, 3.8) is 0 Å². The van der Waals surface area contributed by atoms with Gasteiger partial charge in [0, 0.05) is 11.6 Å². The molecular formula is C24H24N6O2. The van der Waals surface area contributed by atoms with Crippen LogP contribution in [0.25, 0.3) is 21.9 Å². The van der Waals surface area contributed by atoms with E-state index in [1.807, 2.05) is 41.1 Å². The SMILES string of the molecule is C#C[C@]1(CCc2ccc3ccc(N)nc3c2)C[C@@H](n2ccc3c(N)ncnc32)[C@H](O)[C@@H]1O. The summed E-state index contributed by atoms with van der Waals surface area (Å²) in [6, 6.07) is 11.1. The second kappa shape index (κ2) is 7.48. The molecule has 0 amide bonds. The van der Waals surface area contributed by atoms with Crippen molar-refractivity contribution in [1.82, 2.24) is 19.5 Å². The first kappa shape index (κ1) is 20.2. The summed E-state index contributed by atoms with van der Waals surface area (Å²) in [5.74, 6) is 3.65. The molecule has 3 aromatic heterocycles. The van der Waals surface area contributed by atoms with Crippen molar-refractivity contribution < 1.29 is 10.2 Å². The number of hydrogen-bond acceptors (Lipinski definition) is 7. The van der Waals surface area contributed by atoms with Gasteiger partial charge in [0.25, 0.3) is 0 Å². The third-order valence-corrected chi connectivity index (χ3v) is 6.68. The second-order valence-electron chi connectivity index (χ2n) is 8.49. The van der Waals surface area contributed by atoms with E-state index in [2.05, 4.69) is 20.9 Å². The molecule has 3 heterocycles. The summed E-state index contributed by atoms with van der Waals surface area (Å²) < 4.78 is 1.84. The van der Waals surface area contributed by atoms with Gasteiger partial charge in [-0.25, -0.2) is 15.0 Å². The van der Waals surface area contributed by atoms with E-state index in [1.165, 1.54) is 6.33 Å². The van der Waals surface area contributed by atoms with Crippen molar-refractivity contribution in [3.8, 4) is 12.3 Å². The van der Waals surface area contributed by atoms with Gasteiger partial charge in [0.2, 0.25) is 0 Å². The number of aromatic nitrogens is 4. The van der Waals surface area contributed by atoms with E-state index in [1.54, 1.807) is 6.07 Å². The quantitative estimate of drug-likeness (QED) is 0.365. The molecule has 0 bridgehead atoms. The minimum Gasteiger partial charge on any atom is -0.389 e. The first-order valence-electron chi connectivity index (χ1n) is 10.5. The van der Waals surface area contributed by atoms with Crippen molar-refractivity contribution in [2.75, 3.05) is 11.5 Å². The van der Waals surface area contributed by atoms with Crippen LogP contribution in [0.15, 0.2) is 48.9 Å². The molecule has 1 aliphatic carbocycles. The molecule has 0 aliphatic heterocycles. The Bertz CT molecular complexity index is 1360. The highest BCUT2D eigenvalue weighted by atomic mass is 16.3. The molecule has 162 valence electrons. The Morgan fingerprint density at radius 1 is 1.16 bits per heavy atom. The highest BCUT2D eigenvalue weighted by Crippen LogP contribution is 2.48. The number of aliphatic hydroxyl groups is 2. The van der Waals surface area contributed by atoms with Crippen LogP contribution >= 0.6 is 0 Å². The molecule has 5 rings (SSSR count). The van der Waals surface area contributed by atoms with Gasteiger partial charge >= 0.3 is 0 Å². The average molecular weight is 428 g/mol. The van der Waals surface area contributed by atoms with E-state index in [4.69, 9.17) is 17.9 Å². The van der Waals surface area contributed by atoms with E-state index in [0.717, 1.165) is 16.5 Å². The van der Waals surface area contributed by atoms with E-state index in [-0.39, 0.29) is 0 Å². The molecular weight excluding hydrogens is 404 g/mol. The number of pyridine rings is 1. The normalized spacial score (nSPS) is 25.3. The van der Waals surface area contributed by atoms with Crippen LogP contribution in [0, 0.1) is 17.8 Å². The standard InChI is InChI=1S/C24H24N6O2/c1-2-24(9-7-14-3-4-15-5-6-19(25)29-17(15)11-14)12-18(20(31)21(24)32)30-10-8-16-22(26)27-13-28-23(16)30/h1,3-6,8,10-11,13,18,20-21,31-32H,7,9,12H2,(H2,25,29)(H2,26,27,28)/t18-,20+,21+,24+/m1/s1. The van der Waals surface area contributed by atoms with Crippen LogP contribution in [-0.4, -0.2) is 41.9 Å². The first-order valence-corrected chi connectivity index (χ1v) is 10.5. The smallest absolute Gasteiger partial charge is 0.145 e. The lowest BCUT2D eigenvalue weighted by molar-refractivity contribution is -0.0115. The lowest BCUT2D eigenvalue weighted by Gasteiger charge is -2.27. The summed E-state index contributed by atoms with van der Waals surface area (Å²) in [5.41, 5.74) is 13.4. The number of nitrogens with zero attached hydrogens (tertiary/aromatic N) is 4. The zero-order chi connectivity index (χ0) is 22.5. The number of hydrogen-bond donors (Lipinski definition) is 4. The fraction of sp³-hybridized carbons (Fsp3) is 0.292. The number of terminal acetylenes is 1. The van der Waals surface area contributed by atoms with Gasteiger partial charge in [0.15, 0.2) is 0 Å². The zero-order valence-electron chi connectivity index (χ0n) is 17.4. The molecule has 0 spiro atoms. The van der Waals surface area contributed by atoms with Crippen LogP contribution in [0.1, 0.15) is 24.4 Å². The predicted molar refractivity (Wildman–Crippen MR) is 123 cm³/mol. The Balaban J connectivity index is 1.43. The Morgan fingerprint density at radius 3 is 2.78 bits per heavy atom. The Hall–Kier alpha value is -3.67. The number of rotatable bonds is 4. The van der Waals surface area contributed by atoms with E-state index in [0.29, 0.717) is 41.9 Å². The molecule has 1 aliphatic rings. The lowest BCUT2D eigenvalue weighted by Crippen LogP contribution is -2.36. The van der Waals surface area contributed by atoms with E-state index >= 15 is 0 Å². The molecule has 4 atom stereocenters. The third-order valence-electron chi connectivity index (χ3n) is 6.68. The Labute approximate surface area is 184 Å². The molecule has 0 saturated heterocycles. The van der Waals surface area contributed by atoms with E-state index in [9.17, 15) is 10.2 Å². The van der Waals surface area contributed by atoms with E-state index < -0.39 is 23.7 Å². The number of aryl methyl sites for hydroxylation is 1. The molecule has 6 N–H and O–H groups in total. The highest BCUT2D eigenvalue weighted by molar-refractivity contribution is 5.86. The summed E-state index contributed by atoms with van der Waals surface area (Å²) in [6.45, 7) is 0. The van der Waals surface area contributed by atoms with Crippen LogP contribution in [0.5, 0.6) is 0 Å². The van der Waals surface area contributed by atoms with Crippen molar-refractivity contribution >= 4 is 33.6 Å². The van der Waals surface area contributed by atoms with Gasteiger partial charge < -0.3 is 26.2 Å². The maximum Gasteiger partial charge on any atom is 0.145 e. The molecule has 0 radical (unpaired) electrons. The topological polar surface area (TPSA) is 136 Å². The molecule has 8 heteroatoms. The number of nitrogens with two attached hydrogens (primary N) is 2. The number of fused-ring (bicyclic) bond motifs is 2. The van der Waals surface area contributed by atoms with Crippen LogP contribution < -0.4 is 11.5 Å². The van der Waals surface area contributed by atoms with Crippen molar-refractivity contribution in [1.29, 1.82) is 0 Å². The monoisotopic (exact) mass is 428 g/mol. The van der Waals surface area contributed by atoms with Crippen LogP contribution in [0.4, 0.5) is 11.6 Å². The Kier molecular flexibility index (Phi) is 4.73. The summed E-state index contributed by atoms with van der Waals surface area (Å²) in [4.78, 5) is 12.7. The molecule has 1 aromatic carbocycles. The highest BCUT2D eigenvalue weighted by Gasteiger charge is 2.52. The number of benzene rings is 1. The molecule has 0 unspecified atom stereocenters. The maximum atomic E-state index is 11.0. The van der Waals surface area contributed by atoms with Gasteiger partial charge in [0.1, 0.15) is 29.7 Å². The number of anilines is 2. The van der Waals surface area contributed by atoms with Crippen molar-refractivity contribution in [3.05, 3.63) is 54.5 Å². The third kappa shape index (κ3) is 3.14. The number of aliphatic hydroxyl groups excluding tert-OH is 2. The van der Waals surface area contributed by atoms with Crippen LogP contribution in [0.3, 0.4) is 0 Å². The average Bonchev–Trinajstić information content (AvgIpc) is 3.33. The summed E-state index contributed by atoms with van der Waals surface area (Å²) in [7, 11) is 0. The summed E-state index contributed by atoms with van der Waals surface area (Å²) in [5, 5.41) is 23.6. The summed E-state index contributed by atoms with van der Waals surface area (Å²) in [6.07, 6.45) is 8.61. The van der Waals surface area contributed by atoms with Gasteiger partial charge in [-0.15, -0.1) is 6.42 Å². The molecule has 1 saturated carbocycles. The fourth-order valence-electron chi connectivity index (χ4n) is 4.84. The van der Waals surface area contributed by atoms with Gasteiger partial charge in [-0.05, 0) is 49.1 Å². The largest absolute Gasteiger partial charge is 0.389 e.